The molecular weight excluding hydrogens is 1020 g/mol. The highest BCUT2D eigenvalue weighted by molar-refractivity contribution is 6.04. The van der Waals surface area contributed by atoms with E-state index in [2.05, 4.69) is 210 Å². The van der Waals surface area contributed by atoms with Crippen LogP contribution in [0.3, 0.4) is 0 Å². The first-order chi connectivity index (χ1) is 41.6. The zero-order chi connectivity index (χ0) is 56.0. The topological polar surface area (TPSA) is 77.3 Å². The van der Waals surface area contributed by atoms with Crippen molar-refractivity contribution in [3.05, 3.63) is 316 Å². The van der Waals surface area contributed by atoms with E-state index in [1.165, 1.54) is 0 Å². The third kappa shape index (κ3) is 10.4. The molecule has 0 aliphatic rings. The lowest BCUT2D eigenvalue weighted by molar-refractivity contribution is 1.07. The highest BCUT2D eigenvalue weighted by Gasteiger charge is 2.23. The Morgan fingerprint density at radius 2 is 0.488 bits per heavy atom. The number of pyridine rings is 3. The van der Waals surface area contributed by atoms with Gasteiger partial charge >= 0.3 is 0 Å². The van der Waals surface area contributed by atoms with Gasteiger partial charge in [0.1, 0.15) is 0 Å². The molecule has 6 nitrogen and oxygen atoms in total. The average molecular weight is 1070 g/mol. The highest BCUT2D eigenvalue weighted by Crippen LogP contribution is 2.49. The predicted octanol–water partition coefficient (Wildman–Crippen LogP) is 19.7. The summed E-state index contributed by atoms with van der Waals surface area (Å²) in [4.78, 5) is 29.1. The van der Waals surface area contributed by atoms with Crippen molar-refractivity contribution in [1.29, 1.82) is 0 Å². The van der Waals surface area contributed by atoms with Gasteiger partial charge in [0.2, 0.25) is 0 Å². The molecule has 0 unspecified atom stereocenters. The average Bonchev–Trinajstić information content (AvgIpc) is 1.82. The highest BCUT2D eigenvalue weighted by atomic mass is 15.0. The standard InChI is InChI=1S/C78H52N6/c1-4-20-59(21-5-1)75-70(68-30-14-12-27-65(68)54-36-40-56(41-37-54)72-32-16-18-48-79-72)50-63(51-71(75)69-31-15-13-28-66(69)55-38-42-57(43-39-55)73-33-17-19-49-80-73)67-29-11-10-26-64(67)53-34-44-58(45-35-53)74-47-46-62(52-81-74)78-83-76(60-22-6-2-7-23-60)82-77(84-78)61-24-8-3-9-25-61/h1-52H. The van der Waals surface area contributed by atoms with Crippen LogP contribution in [0, 0.1) is 0 Å². The van der Waals surface area contributed by atoms with Crippen molar-refractivity contribution < 1.29 is 0 Å². The molecule has 0 fully saturated rings. The van der Waals surface area contributed by atoms with Crippen LogP contribution in [0.4, 0.5) is 0 Å². The molecule has 0 spiro atoms. The fraction of sp³-hybridized carbons (Fsp3) is 0. The van der Waals surface area contributed by atoms with Crippen LogP contribution >= 0.6 is 0 Å². The van der Waals surface area contributed by atoms with Crippen LogP contribution < -0.4 is 0 Å². The van der Waals surface area contributed by atoms with E-state index in [0.717, 1.165) is 128 Å². The second-order valence-electron chi connectivity index (χ2n) is 20.6. The quantitative estimate of drug-likeness (QED) is 0.114. The molecule has 84 heavy (non-hydrogen) atoms. The van der Waals surface area contributed by atoms with Gasteiger partial charge in [-0.1, -0.05) is 249 Å². The summed E-state index contributed by atoms with van der Waals surface area (Å²) in [7, 11) is 0. The summed E-state index contributed by atoms with van der Waals surface area (Å²) >= 11 is 0. The molecule has 10 aromatic carbocycles. The summed E-state index contributed by atoms with van der Waals surface area (Å²) < 4.78 is 0. The molecule has 394 valence electrons. The minimum absolute atomic E-state index is 0.564. The first kappa shape index (κ1) is 50.9. The Kier molecular flexibility index (Phi) is 13.9. The van der Waals surface area contributed by atoms with Crippen LogP contribution in [0.1, 0.15) is 0 Å². The van der Waals surface area contributed by atoms with Crippen molar-refractivity contribution in [2.45, 2.75) is 0 Å². The number of rotatable bonds is 13. The van der Waals surface area contributed by atoms with Gasteiger partial charge < -0.3 is 0 Å². The van der Waals surface area contributed by atoms with Crippen molar-refractivity contribution in [3.8, 4) is 146 Å². The monoisotopic (exact) mass is 1070 g/mol. The van der Waals surface area contributed by atoms with Gasteiger partial charge in [-0.15, -0.1) is 0 Å². The molecule has 0 aliphatic heterocycles. The van der Waals surface area contributed by atoms with Crippen molar-refractivity contribution in [2.24, 2.45) is 0 Å². The fourth-order valence-electron chi connectivity index (χ4n) is 11.2. The second-order valence-corrected chi connectivity index (χ2v) is 20.6. The minimum Gasteiger partial charge on any atom is -0.256 e. The molecule has 4 heterocycles. The number of nitrogens with zero attached hydrogens (tertiary/aromatic N) is 6. The van der Waals surface area contributed by atoms with Crippen LogP contribution in [0.2, 0.25) is 0 Å². The molecule has 14 aromatic rings. The molecule has 0 aliphatic carbocycles. The van der Waals surface area contributed by atoms with Gasteiger partial charge in [-0.25, -0.2) is 15.0 Å². The van der Waals surface area contributed by atoms with Gasteiger partial charge in [0.25, 0.3) is 0 Å². The van der Waals surface area contributed by atoms with Gasteiger partial charge in [-0.3, -0.25) is 15.0 Å². The van der Waals surface area contributed by atoms with Gasteiger partial charge in [0, 0.05) is 52.0 Å². The van der Waals surface area contributed by atoms with Crippen molar-refractivity contribution >= 4 is 0 Å². The van der Waals surface area contributed by atoms with Crippen LogP contribution in [0.25, 0.3) is 146 Å². The minimum atomic E-state index is 0.564. The third-order valence-electron chi connectivity index (χ3n) is 15.4. The van der Waals surface area contributed by atoms with E-state index in [1.807, 2.05) is 116 Å². The van der Waals surface area contributed by atoms with E-state index in [1.54, 1.807) is 0 Å². The Labute approximate surface area is 488 Å². The van der Waals surface area contributed by atoms with Crippen molar-refractivity contribution in [1.82, 2.24) is 29.9 Å². The lowest BCUT2D eigenvalue weighted by Crippen LogP contribution is -2.00. The second kappa shape index (κ2) is 23.0. The SMILES string of the molecule is c1ccc(-c2nc(-c3ccccc3)nc(-c3ccc(-c4ccc(-c5ccccc5-c5cc(-c6ccccc6-c6ccc(-c7ccccn7)cc6)c(-c6ccccc6)c(-c6ccccc6-c6ccc(-c7ccccn7)cc6)c5)cc4)nc3)n2)cc1. The molecular formula is C78H52N6. The summed E-state index contributed by atoms with van der Waals surface area (Å²) in [6.07, 6.45) is 5.55. The van der Waals surface area contributed by atoms with E-state index in [-0.39, 0.29) is 0 Å². The summed E-state index contributed by atoms with van der Waals surface area (Å²) in [5, 5.41) is 0. The van der Waals surface area contributed by atoms with Crippen LogP contribution in [0.15, 0.2) is 316 Å². The molecule has 0 amide bonds. The lowest BCUT2D eigenvalue weighted by atomic mass is 9.80. The first-order valence-electron chi connectivity index (χ1n) is 28.1. The van der Waals surface area contributed by atoms with E-state index >= 15 is 0 Å². The van der Waals surface area contributed by atoms with E-state index < -0.39 is 0 Å². The number of hydrogen-bond acceptors (Lipinski definition) is 6. The Morgan fingerprint density at radius 3 is 0.869 bits per heavy atom. The van der Waals surface area contributed by atoms with E-state index in [0.29, 0.717) is 17.5 Å². The largest absolute Gasteiger partial charge is 0.256 e. The van der Waals surface area contributed by atoms with Gasteiger partial charge in [0.05, 0.1) is 17.1 Å². The maximum Gasteiger partial charge on any atom is 0.165 e. The molecule has 14 rings (SSSR count). The Morgan fingerprint density at radius 1 is 0.179 bits per heavy atom. The van der Waals surface area contributed by atoms with Crippen LogP contribution in [0.5, 0.6) is 0 Å². The zero-order valence-electron chi connectivity index (χ0n) is 45.7. The van der Waals surface area contributed by atoms with Gasteiger partial charge in [-0.2, -0.15) is 0 Å². The molecule has 0 radical (unpaired) electrons. The van der Waals surface area contributed by atoms with Crippen LogP contribution in [-0.4, -0.2) is 29.9 Å². The molecule has 0 saturated carbocycles. The lowest BCUT2D eigenvalue weighted by Gasteiger charge is -2.23. The number of benzene rings is 10. The number of hydrogen-bond donors (Lipinski definition) is 0. The van der Waals surface area contributed by atoms with Gasteiger partial charge in [0.15, 0.2) is 17.5 Å². The molecule has 0 bridgehead atoms. The Hall–Kier alpha value is -11.3. The molecule has 0 atom stereocenters. The third-order valence-corrected chi connectivity index (χ3v) is 15.4. The van der Waals surface area contributed by atoms with Crippen molar-refractivity contribution in [2.75, 3.05) is 0 Å². The summed E-state index contributed by atoms with van der Waals surface area (Å²) in [6.45, 7) is 0. The smallest absolute Gasteiger partial charge is 0.165 e. The van der Waals surface area contributed by atoms with E-state index in [9.17, 15) is 0 Å². The Bertz CT molecular complexity index is 4370. The Balaban J connectivity index is 0.888. The molecule has 4 aromatic heterocycles. The van der Waals surface area contributed by atoms with E-state index in [4.69, 9.17) is 19.9 Å². The molecule has 0 N–H and O–H groups in total. The van der Waals surface area contributed by atoms with Crippen LogP contribution in [-0.2, 0) is 0 Å². The molecule has 6 heteroatoms. The predicted molar refractivity (Wildman–Crippen MR) is 344 cm³/mol. The summed E-state index contributed by atoms with van der Waals surface area (Å²) in [5.74, 6) is 1.79. The maximum absolute atomic E-state index is 5.00. The summed E-state index contributed by atoms with van der Waals surface area (Å²) in [6, 6.07) is 105. The zero-order valence-corrected chi connectivity index (χ0v) is 45.7. The summed E-state index contributed by atoms with van der Waals surface area (Å²) in [5.41, 5.74) is 24.3. The van der Waals surface area contributed by atoms with Crippen molar-refractivity contribution in [3.63, 3.8) is 0 Å². The fourth-order valence-corrected chi connectivity index (χ4v) is 11.2. The molecule has 0 saturated heterocycles. The first-order valence-corrected chi connectivity index (χ1v) is 28.1. The van der Waals surface area contributed by atoms with Gasteiger partial charge in [-0.05, 0) is 126 Å². The number of aromatic nitrogens is 6. The normalized spacial score (nSPS) is 11.1. The maximum atomic E-state index is 5.00.